The molecule has 0 spiro atoms. The van der Waals surface area contributed by atoms with Crippen LogP contribution in [0.15, 0.2) is 42.0 Å². The Morgan fingerprint density at radius 3 is 2.59 bits per heavy atom. The molecule has 0 aliphatic rings. The van der Waals surface area contributed by atoms with Crippen LogP contribution in [0.2, 0.25) is 5.02 Å². The highest BCUT2D eigenvalue weighted by atomic mass is 35.5. The normalized spacial score (nSPS) is 11.6. The highest BCUT2D eigenvalue weighted by Crippen LogP contribution is 2.34. The number of anilines is 1. The number of benzene rings is 2. The number of alkyl halides is 3. The second kappa shape index (κ2) is 8.01. The van der Waals surface area contributed by atoms with Crippen LogP contribution in [0.25, 0.3) is 6.08 Å². The molecule has 0 aromatic heterocycles. The van der Waals surface area contributed by atoms with Crippen LogP contribution >= 0.6 is 11.6 Å². The van der Waals surface area contributed by atoms with Gasteiger partial charge in [-0.05, 0) is 42.0 Å². The summed E-state index contributed by atoms with van der Waals surface area (Å²) in [4.78, 5) is 12.3. The zero-order chi connectivity index (χ0) is 20.2. The molecule has 0 fully saturated rings. The van der Waals surface area contributed by atoms with E-state index in [1.807, 2.05) is 0 Å². The summed E-state index contributed by atoms with van der Waals surface area (Å²) in [6.45, 7) is 0. The summed E-state index contributed by atoms with van der Waals surface area (Å²) in [7, 11) is 1.33. The predicted octanol–water partition coefficient (Wildman–Crippen LogP) is 4.62. The van der Waals surface area contributed by atoms with Crippen molar-refractivity contribution in [1.82, 2.24) is 0 Å². The maximum atomic E-state index is 12.8. The van der Waals surface area contributed by atoms with E-state index in [1.165, 1.54) is 31.4 Å². The van der Waals surface area contributed by atoms with Crippen LogP contribution in [0, 0.1) is 11.3 Å². The van der Waals surface area contributed by atoms with Crippen LogP contribution < -0.4 is 10.1 Å². The number of carbonyl (C=O) groups is 1. The fourth-order valence-electron chi connectivity index (χ4n) is 2.09. The second-order valence-electron chi connectivity index (χ2n) is 5.25. The van der Waals surface area contributed by atoms with Gasteiger partial charge in [0.25, 0.3) is 5.91 Å². The van der Waals surface area contributed by atoms with Crippen LogP contribution in [0.4, 0.5) is 18.9 Å². The molecule has 0 heterocycles. The van der Waals surface area contributed by atoms with Gasteiger partial charge in [-0.3, -0.25) is 4.79 Å². The fourth-order valence-corrected chi connectivity index (χ4v) is 2.25. The minimum atomic E-state index is -4.61. The number of halogens is 4. The molecule has 0 aliphatic heterocycles. The van der Waals surface area contributed by atoms with E-state index in [0.29, 0.717) is 11.6 Å². The molecule has 5 nitrogen and oxygen atoms in total. The number of phenols is 1. The number of nitrogens with one attached hydrogen (secondary N) is 1. The molecule has 0 saturated heterocycles. The fraction of sp³-hybridized carbons (Fsp3) is 0.111. The molecule has 0 atom stereocenters. The van der Waals surface area contributed by atoms with Crippen molar-refractivity contribution in [1.29, 1.82) is 5.26 Å². The lowest BCUT2D eigenvalue weighted by molar-refractivity contribution is -0.137. The molecule has 1 amide bonds. The van der Waals surface area contributed by atoms with Gasteiger partial charge < -0.3 is 15.2 Å². The smallest absolute Gasteiger partial charge is 0.416 e. The van der Waals surface area contributed by atoms with E-state index in [9.17, 15) is 28.3 Å². The van der Waals surface area contributed by atoms with Gasteiger partial charge in [0.05, 0.1) is 23.4 Å². The third kappa shape index (κ3) is 4.92. The molecule has 9 heteroatoms. The molecule has 2 rings (SSSR count). The molecule has 2 aromatic carbocycles. The number of nitrogens with zero attached hydrogens (tertiary/aromatic N) is 1. The lowest BCUT2D eigenvalue weighted by Crippen LogP contribution is -2.15. The van der Waals surface area contributed by atoms with E-state index in [1.54, 1.807) is 6.07 Å². The minimum absolute atomic E-state index is 0.111. The largest absolute Gasteiger partial charge is 0.504 e. The van der Waals surface area contributed by atoms with E-state index >= 15 is 0 Å². The van der Waals surface area contributed by atoms with Crippen LogP contribution in [0.3, 0.4) is 0 Å². The van der Waals surface area contributed by atoms with Crippen molar-refractivity contribution < 1.29 is 27.8 Å². The highest BCUT2D eigenvalue weighted by Gasteiger charge is 2.31. The van der Waals surface area contributed by atoms with Gasteiger partial charge in [-0.1, -0.05) is 17.7 Å². The summed E-state index contributed by atoms with van der Waals surface area (Å²) in [5.74, 6) is -0.943. The van der Waals surface area contributed by atoms with Gasteiger partial charge in [-0.2, -0.15) is 18.4 Å². The van der Waals surface area contributed by atoms with E-state index in [4.69, 9.17) is 16.3 Å². The molecule has 0 radical (unpaired) electrons. The van der Waals surface area contributed by atoms with Crippen molar-refractivity contribution in [3.8, 4) is 17.6 Å². The number of hydrogen-bond donors (Lipinski definition) is 2. The molecule has 0 unspecified atom stereocenters. The summed E-state index contributed by atoms with van der Waals surface area (Å²) in [6, 6.07) is 8.25. The second-order valence-corrected chi connectivity index (χ2v) is 5.65. The van der Waals surface area contributed by atoms with Crippen molar-refractivity contribution in [3.05, 3.63) is 58.1 Å². The summed E-state index contributed by atoms with van der Waals surface area (Å²) >= 11 is 5.83. The van der Waals surface area contributed by atoms with Crippen LogP contribution in [-0.4, -0.2) is 18.1 Å². The number of methoxy groups -OCH3 is 1. The molecule has 27 heavy (non-hydrogen) atoms. The Labute approximate surface area is 157 Å². The highest BCUT2D eigenvalue weighted by molar-refractivity contribution is 6.34. The van der Waals surface area contributed by atoms with Crippen molar-refractivity contribution in [2.75, 3.05) is 12.4 Å². The standard InChI is InChI=1S/C18H12ClF3N2O3/c1-27-16-7-10(2-5-15(16)25)6-11(9-23)17(26)24-14-8-12(18(20,21)22)3-4-13(14)19/h2-8,25H,1H3,(H,24,26). The van der Waals surface area contributed by atoms with E-state index in [-0.39, 0.29) is 27.8 Å². The van der Waals surface area contributed by atoms with Gasteiger partial charge in [0.15, 0.2) is 11.5 Å². The number of rotatable bonds is 4. The Morgan fingerprint density at radius 1 is 1.30 bits per heavy atom. The first kappa shape index (κ1) is 20.1. The summed E-state index contributed by atoms with van der Waals surface area (Å²) < 4.78 is 43.3. The number of aromatic hydroxyl groups is 1. The van der Waals surface area contributed by atoms with E-state index in [0.717, 1.165) is 12.1 Å². The summed E-state index contributed by atoms with van der Waals surface area (Å²) in [5.41, 5.74) is -1.28. The monoisotopic (exact) mass is 396 g/mol. The number of phenolic OH excluding ortho intramolecular Hbond substituents is 1. The van der Waals surface area contributed by atoms with Gasteiger partial charge in [-0.15, -0.1) is 0 Å². The maximum Gasteiger partial charge on any atom is 0.416 e. The average molecular weight is 397 g/mol. The first-order valence-electron chi connectivity index (χ1n) is 7.32. The first-order chi connectivity index (χ1) is 12.7. The molecule has 0 aliphatic carbocycles. The van der Waals surface area contributed by atoms with Gasteiger partial charge in [0.1, 0.15) is 11.6 Å². The number of nitriles is 1. The van der Waals surface area contributed by atoms with Gasteiger partial charge in [0.2, 0.25) is 0 Å². The molecule has 140 valence electrons. The predicted molar refractivity (Wildman–Crippen MR) is 93.3 cm³/mol. The molecular formula is C18H12ClF3N2O3. The topological polar surface area (TPSA) is 82.3 Å². The van der Waals surface area contributed by atoms with Crippen molar-refractivity contribution in [2.45, 2.75) is 6.18 Å². The van der Waals surface area contributed by atoms with Crippen molar-refractivity contribution in [3.63, 3.8) is 0 Å². The summed E-state index contributed by atoms with van der Waals surface area (Å²) in [5, 5.41) is 20.8. The SMILES string of the molecule is COc1cc(C=C(C#N)C(=O)Nc2cc(C(F)(F)F)ccc2Cl)ccc1O. The third-order valence-electron chi connectivity index (χ3n) is 3.42. The van der Waals surface area contributed by atoms with Crippen molar-refractivity contribution in [2.24, 2.45) is 0 Å². The third-order valence-corrected chi connectivity index (χ3v) is 3.75. The van der Waals surface area contributed by atoms with E-state index < -0.39 is 17.6 Å². The van der Waals surface area contributed by atoms with Gasteiger partial charge in [-0.25, -0.2) is 0 Å². The number of ether oxygens (including phenoxy) is 1. The zero-order valence-corrected chi connectivity index (χ0v) is 14.5. The van der Waals surface area contributed by atoms with Gasteiger partial charge in [0, 0.05) is 0 Å². The Kier molecular flexibility index (Phi) is 5.98. The first-order valence-corrected chi connectivity index (χ1v) is 7.70. The van der Waals surface area contributed by atoms with Crippen LogP contribution in [-0.2, 0) is 11.0 Å². The van der Waals surface area contributed by atoms with Crippen LogP contribution in [0.1, 0.15) is 11.1 Å². The maximum absolute atomic E-state index is 12.8. The zero-order valence-electron chi connectivity index (χ0n) is 13.8. The molecule has 0 bridgehead atoms. The number of carbonyl (C=O) groups excluding carboxylic acids is 1. The molecular weight excluding hydrogens is 385 g/mol. The quantitative estimate of drug-likeness (QED) is 0.583. The average Bonchev–Trinajstić information content (AvgIpc) is 2.61. The number of hydrogen-bond acceptors (Lipinski definition) is 4. The van der Waals surface area contributed by atoms with Crippen LogP contribution in [0.5, 0.6) is 11.5 Å². The molecule has 2 aromatic rings. The van der Waals surface area contributed by atoms with E-state index in [2.05, 4.69) is 5.32 Å². The Hall–Kier alpha value is -3.18. The lowest BCUT2D eigenvalue weighted by Gasteiger charge is -2.11. The van der Waals surface area contributed by atoms with Gasteiger partial charge >= 0.3 is 6.18 Å². The minimum Gasteiger partial charge on any atom is -0.504 e. The Balaban J connectivity index is 2.32. The van der Waals surface area contributed by atoms with Crippen molar-refractivity contribution >= 4 is 29.3 Å². The lowest BCUT2D eigenvalue weighted by atomic mass is 10.1. The molecule has 0 saturated carbocycles. The Bertz CT molecular complexity index is 950. The molecule has 2 N–H and O–H groups in total. The summed E-state index contributed by atoms with van der Waals surface area (Å²) in [6.07, 6.45) is -3.42. The Morgan fingerprint density at radius 2 is 2.00 bits per heavy atom. The number of amides is 1.